The lowest BCUT2D eigenvalue weighted by Gasteiger charge is -2.31. The molecule has 0 aromatic carbocycles. The molecule has 1 fully saturated rings. The minimum Gasteiger partial charge on any atom is -0.463 e. The van der Waals surface area contributed by atoms with Gasteiger partial charge in [0.2, 0.25) is 5.76 Å². The second kappa shape index (κ2) is 6.93. The van der Waals surface area contributed by atoms with E-state index < -0.39 is 5.97 Å². The van der Waals surface area contributed by atoms with E-state index in [4.69, 9.17) is 4.42 Å². The highest BCUT2D eigenvalue weighted by molar-refractivity contribution is 5.86. The monoisotopic (exact) mass is 279 g/mol. The summed E-state index contributed by atoms with van der Waals surface area (Å²) in [7, 11) is 3.52. The fourth-order valence-corrected chi connectivity index (χ4v) is 2.97. The van der Waals surface area contributed by atoms with E-state index in [0.717, 1.165) is 5.76 Å². The van der Waals surface area contributed by atoms with Gasteiger partial charge in [0.1, 0.15) is 5.76 Å². The third-order valence-electron chi connectivity index (χ3n) is 4.44. The third kappa shape index (κ3) is 3.42. The number of nitrogens with zero attached hydrogens (tertiary/aromatic N) is 1. The SMILES string of the molecule is COC(=O)c1ccc(C(C)N(C)C2CCCCCC2)o1. The first-order valence-corrected chi connectivity index (χ1v) is 7.53. The van der Waals surface area contributed by atoms with Gasteiger partial charge in [0, 0.05) is 6.04 Å². The van der Waals surface area contributed by atoms with E-state index in [2.05, 4.69) is 23.6 Å². The van der Waals surface area contributed by atoms with E-state index in [-0.39, 0.29) is 11.8 Å². The zero-order valence-corrected chi connectivity index (χ0v) is 12.7. The van der Waals surface area contributed by atoms with Crippen molar-refractivity contribution in [1.82, 2.24) is 4.90 Å². The van der Waals surface area contributed by atoms with Crippen molar-refractivity contribution in [3.63, 3.8) is 0 Å². The lowest BCUT2D eigenvalue weighted by molar-refractivity contribution is 0.0557. The minimum atomic E-state index is -0.416. The molecule has 0 aliphatic heterocycles. The van der Waals surface area contributed by atoms with Gasteiger partial charge >= 0.3 is 5.97 Å². The predicted octanol–water partition coefficient (Wildman–Crippen LogP) is 3.78. The lowest BCUT2D eigenvalue weighted by atomic mass is 10.1. The quantitative estimate of drug-likeness (QED) is 0.621. The molecular weight excluding hydrogens is 254 g/mol. The molecule has 4 heteroatoms. The molecule has 0 amide bonds. The highest BCUT2D eigenvalue weighted by atomic mass is 16.5. The molecule has 20 heavy (non-hydrogen) atoms. The van der Waals surface area contributed by atoms with Crippen molar-refractivity contribution in [2.24, 2.45) is 0 Å². The molecule has 1 aromatic rings. The topological polar surface area (TPSA) is 42.7 Å². The molecule has 1 saturated carbocycles. The van der Waals surface area contributed by atoms with Gasteiger partial charge in [-0.2, -0.15) is 0 Å². The molecule has 0 N–H and O–H groups in total. The molecule has 0 spiro atoms. The average Bonchev–Trinajstić information content (AvgIpc) is 2.80. The number of esters is 1. The predicted molar refractivity (Wildman–Crippen MR) is 77.7 cm³/mol. The van der Waals surface area contributed by atoms with Crippen LogP contribution in [-0.2, 0) is 4.74 Å². The average molecular weight is 279 g/mol. The Labute approximate surface area is 121 Å². The normalized spacial score (nSPS) is 18.8. The maximum absolute atomic E-state index is 11.4. The summed E-state index contributed by atoms with van der Waals surface area (Å²) >= 11 is 0. The third-order valence-corrected chi connectivity index (χ3v) is 4.44. The van der Waals surface area contributed by atoms with Crippen LogP contribution in [0.1, 0.15) is 67.8 Å². The molecule has 0 radical (unpaired) electrons. The van der Waals surface area contributed by atoms with Gasteiger partial charge in [-0.05, 0) is 38.9 Å². The van der Waals surface area contributed by atoms with E-state index in [0.29, 0.717) is 6.04 Å². The number of rotatable bonds is 4. The lowest BCUT2D eigenvalue weighted by Crippen LogP contribution is -2.33. The van der Waals surface area contributed by atoms with Crippen molar-refractivity contribution in [3.05, 3.63) is 23.7 Å². The van der Waals surface area contributed by atoms with Crippen molar-refractivity contribution in [3.8, 4) is 0 Å². The van der Waals surface area contributed by atoms with Gasteiger partial charge in [0.05, 0.1) is 13.2 Å². The summed E-state index contributed by atoms with van der Waals surface area (Å²) in [6.07, 6.45) is 7.84. The maximum Gasteiger partial charge on any atom is 0.373 e. The van der Waals surface area contributed by atoms with Crippen molar-refractivity contribution >= 4 is 5.97 Å². The molecule has 1 unspecified atom stereocenters. The van der Waals surface area contributed by atoms with Gasteiger partial charge in [0.15, 0.2) is 0 Å². The van der Waals surface area contributed by atoms with E-state index in [1.807, 2.05) is 6.07 Å². The molecule has 1 heterocycles. The Kier molecular flexibility index (Phi) is 5.24. The Morgan fingerprint density at radius 3 is 2.55 bits per heavy atom. The first-order chi connectivity index (χ1) is 9.63. The maximum atomic E-state index is 11.4. The molecule has 112 valence electrons. The van der Waals surface area contributed by atoms with Crippen LogP contribution in [0.25, 0.3) is 0 Å². The molecule has 0 saturated heterocycles. The van der Waals surface area contributed by atoms with Crippen LogP contribution in [-0.4, -0.2) is 31.1 Å². The number of carbonyl (C=O) groups is 1. The summed E-state index contributed by atoms with van der Waals surface area (Å²) in [6, 6.07) is 4.36. The fraction of sp³-hybridized carbons (Fsp3) is 0.688. The van der Waals surface area contributed by atoms with E-state index >= 15 is 0 Å². The van der Waals surface area contributed by atoms with Gasteiger partial charge in [-0.3, -0.25) is 4.90 Å². The van der Waals surface area contributed by atoms with Crippen LogP contribution in [0.3, 0.4) is 0 Å². The Morgan fingerprint density at radius 1 is 1.30 bits per heavy atom. The van der Waals surface area contributed by atoms with Crippen molar-refractivity contribution in [2.45, 2.75) is 57.5 Å². The van der Waals surface area contributed by atoms with Gasteiger partial charge < -0.3 is 9.15 Å². The summed E-state index contributed by atoms with van der Waals surface area (Å²) in [5.74, 6) is 0.696. The minimum absolute atomic E-state index is 0.177. The first-order valence-electron chi connectivity index (χ1n) is 7.53. The summed E-state index contributed by atoms with van der Waals surface area (Å²) in [4.78, 5) is 13.8. The fourth-order valence-electron chi connectivity index (χ4n) is 2.97. The van der Waals surface area contributed by atoms with Crippen LogP contribution < -0.4 is 0 Å². The van der Waals surface area contributed by atoms with E-state index in [1.165, 1.54) is 45.6 Å². The molecule has 1 atom stereocenters. The summed E-state index contributed by atoms with van der Waals surface area (Å²) in [6.45, 7) is 2.13. The van der Waals surface area contributed by atoms with E-state index in [1.54, 1.807) is 6.07 Å². The standard InChI is InChI=1S/C16H25NO3/c1-12(14-10-11-15(20-14)16(18)19-3)17(2)13-8-6-4-5-7-9-13/h10-13H,4-9H2,1-3H3. The van der Waals surface area contributed by atoms with Crippen LogP contribution in [0, 0.1) is 0 Å². The molecule has 1 aliphatic carbocycles. The van der Waals surface area contributed by atoms with Gasteiger partial charge in [-0.1, -0.05) is 25.7 Å². The van der Waals surface area contributed by atoms with Crippen molar-refractivity contribution < 1.29 is 13.9 Å². The number of carbonyl (C=O) groups excluding carboxylic acids is 1. The molecule has 0 bridgehead atoms. The summed E-state index contributed by atoms with van der Waals surface area (Å²) < 4.78 is 10.3. The summed E-state index contributed by atoms with van der Waals surface area (Å²) in [5.41, 5.74) is 0. The number of hydrogen-bond acceptors (Lipinski definition) is 4. The molecule has 4 nitrogen and oxygen atoms in total. The molecule has 1 aliphatic rings. The van der Waals surface area contributed by atoms with Gasteiger partial charge in [-0.25, -0.2) is 4.79 Å². The second-order valence-corrected chi connectivity index (χ2v) is 5.68. The van der Waals surface area contributed by atoms with Crippen LogP contribution in [0.2, 0.25) is 0 Å². The number of methoxy groups -OCH3 is 1. The van der Waals surface area contributed by atoms with Crippen molar-refractivity contribution in [2.75, 3.05) is 14.2 Å². The highest BCUT2D eigenvalue weighted by Crippen LogP contribution is 2.29. The molecule has 1 aromatic heterocycles. The number of hydrogen-bond donors (Lipinski definition) is 0. The Morgan fingerprint density at radius 2 is 1.95 bits per heavy atom. The highest BCUT2D eigenvalue weighted by Gasteiger charge is 2.24. The van der Waals surface area contributed by atoms with E-state index in [9.17, 15) is 4.79 Å². The smallest absolute Gasteiger partial charge is 0.373 e. The van der Waals surface area contributed by atoms with Gasteiger partial charge in [0.25, 0.3) is 0 Å². The van der Waals surface area contributed by atoms with Crippen molar-refractivity contribution in [1.29, 1.82) is 0 Å². The van der Waals surface area contributed by atoms with Crippen LogP contribution >= 0.6 is 0 Å². The van der Waals surface area contributed by atoms with Crippen LogP contribution in [0.4, 0.5) is 0 Å². The Bertz CT molecular complexity index is 433. The molecular formula is C16H25NO3. The number of ether oxygens (including phenoxy) is 1. The second-order valence-electron chi connectivity index (χ2n) is 5.68. The summed E-state index contributed by atoms with van der Waals surface area (Å²) in [5, 5.41) is 0. The first kappa shape index (κ1) is 15.1. The Balaban J connectivity index is 2.03. The Hall–Kier alpha value is -1.29. The molecule has 2 rings (SSSR count). The largest absolute Gasteiger partial charge is 0.463 e. The van der Waals surface area contributed by atoms with Gasteiger partial charge in [-0.15, -0.1) is 0 Å². The van der Waals surface area contributed by atoms with Crippen LogP contribution in [0.15, 0.2) is 16.5 Å². The number of furan rings is 1. The zero-order chi connectivity index (χ0) is 14.5. The van der Waals surface area contributed by atoms with Crippen LogP contribution in [0.5, 0.6) is 0 Å². The zero-order valence-electron chi connectivity index (χ0n) is 12.7.